The number of nitrogens with zero attached hydrogens (tertiary/aromatic N) is 1. The van der Waals surface area contributed by atoms with Crippen molar-refractivity contribution in [1.82, 2.24) is 5.32 Å². The van der Waals surface area contributed by atoms with Crippen molar-refractivity contribution in [2.75, 3.05) is 24.6 Å². The Morgan fingerprint density at radius 3 is 2.92 bits per heavy atom. The van der Waals surface area contributed by atoms with Crippen LogP contribution in [0.5, 0.6) is 5.75 Å². The number of rotatable bonds is 5. The summed E-state index contributed by atoms with van der Waals surface area (Å²) in [6.07, 6.45) is 2.41. The SMILES string of the molecule is Cc1ccc2c(c1)N(CCC(=O)NCC1CCCO1)C(=O)C(C)(C)O2. The van der Waals surface area contributed by atoms with Crippen LogP contribution in [0.25, 0.3) is 0 Å². The van der Waals surface area contributed by atoms with Crippen LogP contribution in [0.15, 0.2) is 18.2 Å². The predicted octanol–water partition coefficient (Wildman–Crippen LogP) is 2.18. The van der Waals surface area contributed by atoms with Crippen LogP contribution >= 0.6 is 0 Å². The second-order valence-corrected chi connectivity index (χ2v) is 7.23. The van der Waals surface area contributed by atoms with Gasteiger partial charge in [-0.3, -0.25) is 9.59 Å². The highest BCUT2D eigenvalue weighted by Gasteiger charge is 2.40. The highest BCUT2D eigenvalue weighted by molar-refractivity contribution is 6.02. The molecule has 2 aliphatic rings. The van der Waals surface area contributed by atoms with Crippen LogP contribution in [0, 0.1) is 6.92 Å². The lowest BCUT2D eigenvalue weighted by Crippen LogP contribution is -2.53. The van der Waals surface area contributed by atoms with Gasteiger partial charge in [0.15, 0.2) is 5.60 Å². The summed E-state index contributed by atoms with van der Waals surface area (Å²) in [5.41, 5.74) is 0.843. The first-order valence-corrected chi connectivity index (χ1v) is 8.87. The molecular weight excluding hydrogens is 320 g/mol. The van der Waals surface area contributed by atoms with Crippen molar-refractivity contribution in [1.29, 1.82) is 0 Å². The maximum absolute atomic E-state index is 12.7. The minimum absolute atomic E-state index is 0.0678. The number of fused-ring (bicyclic) bond motifs is 1. The summed E-state index contributed by atoms with van der Waals surface area (Å²) >= 11 is 0. The summed E-state index contributed by atoms with van der Waals surface area (Å²) in [7, 11) is 0. The molecule has 0 aromatic heterocycles. The fourth-order valence-corrected chi connectivity index (χ4v) is 3.23. The van der Waals surface area contributed by atoms with Crippen molar-refractivity contribution in [3.63, 3.8) is 0 Å². The average molecular weight is 346 g/mol. The van der Waals surface area contributed by atoms with Gasteiger partial charge >= 0.3 is 0 Å². The highest BCUT2D eigenvalue weighted by Crippen LogP contribution is 2.38. The molecule has 2 aliphatic heterocycles. The Hall–Kier alpha value is -2.08. The molecule has 0 bridgehead atoms. The van der Waals surface area contributed by atoms with Gasteiger partial charge in [0.05, 0.1) is 11.8 Å². The molecule has 0 saturated carbocycles. The van der Waals surface area contributed by atoms with Crippen molar-refractivity contribution in [2.45, 2.75) is 51.7 Å². The molecule has 3 rings (SSSR count). The van der Waals surface area contributed by atoms with Gasteiger partial charge < -0.3 is 19.7 Å². The van der Waals surface area contributed by atoms with Crippen LogP contribution in [0.4, 0.5) is 5.69 Å². The van der Waals surface area contributed by atoms with E-state index in [0.29, 0.717) is 18.8 Å². The molecule has 1 atom stereocenters. The number of carbonyl (C=O) groups is 2. The quantitative estimate of drug-likeness (QED) is 0.887. The van der Waals surface area contributed by atoms with Gasteiger partial charge in [0.2, 0.25) is 5.91 Å². The lowest BCUT2D eigenvalue weighted by atomic mass is 10.0. The van der Waals surface area contributed by atoms with Crippen LogP contribution in [0.2, 0.25) is 0 Å². The third-order valence-electron chi connectivity index (χ3n) is 4.64. The summed E-state index contributed by atoms with van der Waals surface area (Å²) in [5, 5.41) is 2.90. The Morgan fingerprint density at radius 2 is 2.20 bits per heavy atom. The molecule has 1 fully saturated rings. The molecule has 1 aromatic carbocycles. The van der Waals surface area contributed by atoms with E-state index in [9.17, 15) is 9.59 Å². The van der Waals surface area contributed by atoms with Crippen LogP contribution in [-0.4, -0.2) is 43.2 Å². The molecule has 1 unspecified atom stereocenters. The van der Waals surface area contributed by atoms with E-state index in [2.05, 4.69) is 5.32 Å². The second kappa shape index (κ2) is 7.04. The van der Waals surface area contributed by atoms with Crippen LogP contribution in [0.1, 0.15) is 38.7 Å². The predicted molar refractivity (Wildman–Crippen MR) is 94.8 cm³/mol. The van der Waals surface area contributed by atoms with Gasteiger partial charge in [0.25, 0.3) is 5.91 Å². The molecular formula is C19H26N2O4. The first-order chi connectivity index (χ1) is 11.9. The normalized spacial score (nSPS) is 21.6. The number of nitrogens with one attached hydrogen (secondary N) is 1. The van der Waals surface area contributed by atoms with Crippen molar-refractivity contribution in [3.8, 4) is 5.75 Å². The molecule has 0 radical (unpaired) electrons. The summed E-state index contributed by atoms with van der Waals surface area (Å²) in [6, 6.07) is 5.76. The maximum atomic E-state index is 12.7. The smallest absolute Gasteiger partial charge is 0.270 e. The average Bonchev–Trinajstić information content (AvgIpc) is 3.07. The van der Waals surface area contributed by atoms with Gasteiger partial charge in [0.1, 0.15) is 5.75 Å². The molecule has 6 heteroatoms. The van der Waals surface area contributed by atoms with Crippen molar-refractivity contribution < 1.29 is 19.1 Å². The monoisotopic (exact) mass is 346 g/mol. The summed E-state index contributed by atoms with van der Waals surface area (Å²) in [5.74, 6) is 0.481. The Morgan fingerprint density at radius 1 is 1.40 bits per heavy atom. The maximum Gasteiger partial charge on any atom is 0.270 e. The number of ether oxygens (including phenoxy) is 2. The van der Waals surface area contributed by atoms with Crippen molar-refractivity contribution in [3.05, 3.63) is 23.8 Å². The van der Waals surface area contributed by atoms with Crippen LogP contribution in [-0.2, 0) is 14.3 Å². The minimum atomic E-state index is -0.934. The molecule has 0 aliphatic carbocycles. The number of hydrogen-bond acceptors (Lipinski definition) is 4. The fraction of sp³-hybridized carbons (Fsp3) is 0.579. The van der Waals surface area contributed by atoms with E-state index in [-0.39, 0.29) is 24.3 Å². The first-order valence-electron chi connectivity index (χ1n) is 8.87. The number of benzene rings is 1. The molecule has 6 nitrogen and oxygen atoms in total. The van der Waals surface area contributed by atoms with E-state index >= 15 is 0 Å². The number of amides is 2. The molecule has 1 N–H and O–H groups in total. The molecule has 1 aromatic rings. The lowest BCUT2D eigenvalue weighted by Gasteiger charge is -2.39. The number of anilines is 1. The van der Waals surface area contributed by atoms with E-state index in [0.717, 1.165) is 30.7 Å². The first kappa shape index (κ1) is 17.7. The van der Waals surface area contributed by atoms with Crippen molar-refractivity contribution >= 4 is 17.5 Å². The molecule has 1 saturated heterocycles. The zero-order valence-corrected chi connectivity index (χ0v) is 15.1. The van der Waals surface area contributed by atoms with E-state index in [1.807, 2.05) is 25.1 Å². The summed E-state index contributed by atoms with van der Waals surface area (Å²) in [6.45, 7) is 7.12. The molecule has 136 valence electrons. The zero-order chi connectivity index (χ0) is 18.0. The van der Waals surface area contributed by atoms with Crippen molar-refractivity contribution in [2.24, 2.45) is 0 Å². The number of aryl methyl sites for hydroxylation is 1. The Bertz CT molecular complexity index is 665. The van der Waals surface area contributed by atoms with Crippen LogP contribution in [0.3, 0.4) is 0 Å². The fourth-order valence-electron chi connectivity index (χ4n) is 3.23. The molecule has 25 heavy (non-hydrogen) atoms. The van der Waals surface area contributed by atoms with Gasteiger partial charge in [-0.15, -0.1) is 0 Å². The zero-order valence-electron chi connectivity index (χ0n) is 15.1. The molecule has 2 heterocycles. The summed E-state index contributed by atoms with van der Waals surface area (Å²) in [4.78, 5) is 26.6. The van der Waals surface area contributed by atoms with Gasteiger partial charge in [-0.1, -0.05) is 6.07 Å². The number of carbonyl (C=O) groups excluding carboxylic acids is 2. The van der Waals surface area contributed by atoms with Gasteiger partial charge in [-0.2, -0.15) is 0 Å². The van der Waals surface area contributed by atoms with Gasteiger partial charge in [-0.05, 0) is 51.3 Å². The number of hydrogen-bond donors (Lipinski definition) is 1. The van der Waals surface area contributed by atoms with E-state index in [4.69, 9.17) is 9.47 Å². The molecule has 2 amide bonds. The Labute approximate surface area is 148 Å². The van der Waals surface area contributed by atoms with E-state index in [1.165, 1.54) is 0 Å². The second-order valence-electron chi connectivity index (χ2n) is 7.23. The van der Waals surface area contributed by atoms with E-state index in [1.54, 1.807) is 18.7 Å². The van der Waals surface area contributed by atoms with Crippen LogP contribution < -0.4 is 15.0 Å². The minimum Gasteiger partial charge on any atom is -0.476 e. The lowest BCUT2D eigenvalue weighted by molar-refractivity contribution is -0.132. The third kappa shape index (κ3) is 3.95. The topological polar surface area (TPSA) is 67.9 Å². The Balaban J connectivity index is 1.65. The Kier molecular flexibility index (Phi) is 4.99. The van der Waals surface area contributed by atoms with E-state index < -0.39 is 5.60 Å². The standard InChI is InChI=1S/C19H26N2O4/c1-13-6-7-16-15(11-13)21(18(23)19(2,3)25-16)9-8-17(22)20-12-14-5-4-10-24-14/h6-7,11,14H,4-5,8-10,12H2,1-3H3,(H,20,22). The third-order valence-corrected chi connectivity index (χ3v) is 4.64. The summed E-state index contributed by atoms with van der Waals surface area (Å²) < 4.78 is 11.3. The largest absolute Gasteiger partial charge is 0.476 e. The van der Waals surface area contributed by atoms with Gasteiger partial charge in [-0.25, -0.2) is 0 Å². The molecule has 0 spiro atoms. The highest BCUT2D eigenvalue weighted by atomic mass is 16.5. The van der Waals surface area contributed by atoms with Gasteiger partial charge in [0, 0.05) is 26.1 Å².